The fourth-order valence-corrected chi connectivity index (χ4v) is 2.23. The van der Waals surface area contributed by atoms with Crippen molar-refractivity contribution in [3.8, 4) is 0 Å². The zero-order chi connectivity index (χ0) is 13.3. The van der Waals surface area contributed by atoms with E-state index in [0.29, 0.717) is 50.5 Å². The SMILES string of the molecule is COCCOCCc1noc(CNC2CCCC2)n1. The predicted octanol–water partition coefficient (Wildman–Crippen LogP) is 1.31. The summed E-state index contributed by atoms with van der Waals surface area (Å²) >= 11 is 0. The molecule has 0 radical (unpaired) electrons. The Labute approximate surface area is 113 Å². The largest absolute Gasteiger partial charge is 0.382 e. The molecule has 1 fully saturated rings. The van der Waals surface area contributed by atoms with Gasteiger partial charge in [-0.2, -0.15) is 4.98 Å². The van der Waals surface area contributed by atoms with Gasteiger partial charge in [0.2, 0.25) is 5.89 Å². The van der Waals surface area contributed by atoms with E-state index >= 15 is 0 Å². The van der Waals surface area contributed by atoms with Gasteiger partial charge < -0.3 is 19.3 Å². The molecule has 108 valence electrons. The Kier molecular flexibility index (Phi) is 6.26. The van der Waals surface area contributed by atoms with Crippen molar-refractivity contribution >= 4 is 0 Å². The normalized spacial score (nSPS) is 16.3. The maximum atomic E-state index is 5.37. The molecule has 0 saturated heterocycles. The Hall–Kier alpha value is -0.980. The summed E-state index contributed by atoms with van der Waals surface area (Å²) in [4.78, 5) is 4.34. The number of methoxy groups -OCH3 is 1. The summed E-state index contributed by atoms with van der Waals surface area (Å²) in [6, 6.07) is 0.618. The smallest absolute Gasteiger partial charge is 0.240 e. The molecule has 0 bridgehead atoms. The van der Waals surface area contributed by atoms with Crippen molar-refractivity contribution in [1.29, 1.82) is 0 Å². The van der Waals surface area contributed by atoms with Gasteiger partial charge in [0, 0.05) is 19.6 Å². The fourth-order valence-electron chi connectivity index (χ4n) is 2.23. The van der Waals surface area contributed by atoms with Gasteiger partial charge in [-0.05, 0) is 12.8 Å². The zero-order valence-corrected chi connectivity index (χ0v) is 11.6. The second kappa shape index (κ2) is 8.24. The number of ether oxygens (including phenoxy) is 2. The maximum Gasteiger partial charge on any atom is 0.240 e. The van der Waals surface area contributed by atoms with Gasteiger partial charge in [-0.3, -0.25) is 0 Å². The quantitative estimate of drug-likeness (QED) is 0.682. The molecule has 1 heterocycles. The van der Waals surface area contributed by atoms with E-state index in [2.05, 4.69) is 15.5 Å². The van der Waals surface area contributed by atoms with Gasteiger partial charge in [-0.25, -0.2) is 0 Å². The summed E-state index contributed by atoms with van der Waals surface area (Å²) in [5, 5.41) is 7.39. The zero-order valence-electron chi connectivity index (χ0n) is 11.6. The molecule has 1 aliphatic rings. The minimum atomic E-state index is 0.596. The molecule has 2 rings (SSSR count). The lowest BCUT2D eigenvalue weighted by atomic mass is 10.2. The summed E-state index contributed by atoms with van der Waals surface area (Å²) < 4.78 is 15.5. The Balaban J connectivity index is 1.61. The van der Waals surface area contributed by atoms with Gasteiger partial charge >= 0.3 is 0 Å². The summed E-state index contributed by atoms with van der Waals surface area (Å²) in [7, 11) is 1.66. The summed E-state index contributed by atoms with van der Waals surface area (Å²) in [5.74, 6) is 1.37. The molecule has 1 saturated carbocycles. The first-order chi connectivity index (χ1) is 9.38. The third kappa shape index (κ3) is 5.26. The van der Waals surface area contributed by atoms with Crippen LogP contribution < -0.4 is 5.32 Å². The molecule has 0 atom stereocenters. The van der Waals surface area contributed by atoms with Gasteiger partial charge in [-0.15, -0.1) is 0 Å². The predicted molar refractivity (Wildman–Crippen MR) is 69.8 cm³/mol. The van der Waals surface area contributed by atoms with Gasteiger partial charge in [-0.1, -0.05) is 18.0 Å². The van der Waals surface area contributed by atoms with E-state index in [4.69, 9.17) is 14.0 Å². The first kappa shape index (κ1) is 14.4. The topological polar surface area (TPSA) is 69.4 Å². The van der Waals surface area contributed by atoms with Crippen LogP contribution in [0, 0.1) is 0 Å². The van der Waals surface area contributed by atoms with E-state index in [1.165, 1.54) is 25.7 Å². The third-order valence-corrected chi connectivity index (χ3v) is 3.31. The lowest BCUT2D eigenvalue weighted by molar-refractivity contribution is 0.0714. The van der Waals surface area contributed by atoms with E-state index in [9.17, 15) is 0 Å². The first-order valence-corrected chi connectivity index (χ1v) is 7.00. The standard InChI is InChI=1S/C13H23N3O3/c1-17-8-9-18-7-6-12-15-13(19-16-12)10-14-11-4-2-3-5-11/h11,14H,2-10H2,1H3. The molecule has 0 unspecified atom stereocenters. The average Bonchev–Trinajstić information content (AvgIpc) is 3.07. The number of aromatic nitrogens is 2. The van der Waals surface area contributed by atoms with E-state index in [1.54, 1.807) is 7.11 Å². The van der Waals surface area contributed by atoms with Crippen LogP contribution in [-0.2, 0) is 22.4 Å². The first-order valence-electron chi connectivity index (χ1n) is 7.00. The molecule has 0 spiro atoms. The van der Waals surface area contributed by atoms with Crippen molar-refractivity contribution in [3.63, 3.8) is 0 Å². The molecular formula is C13H23N3O3. The summed E-state index contributed by atoms with van der Waals surface area (Å²) in [6.07, 6.45) is 5.84. The van der Waals surface area contributed by atoms with Gasteiger partial charge in [0.1, 0.15) is 0 Å². The molecule has 0 aliphatic heterocycles. The van der Waals surface area contributed by atoms with Crippen LogP contribution in [-0.4, -0.2) is 43.1 Å². The number of rotatable bonds is 9. The van der Waals surface area contributed by atoms with Crippen LogP contribution in [0.5, 0.6) is 0 Å². The van der Waals surface area contributed by atoms with E-state index in [1.807, 2.05) is 0 Å². The highest BCUT2D eigenvalue weighted by molar-refractivity contribution is 4.87. The number of nitrogens with one attached hydrogen (secondary N) is 1. The van der Waals surface area contributed by atoms with Crippen molar-refractivity contribution < 1.29 is 14.0 Å². The van der Waals surface area contributed by atoms with E-state index < -0.39 is 0 Å². The maximum absolute atomic E-state index is 5.37. The van der Waals surface area contributed by atoms with Gasteiger partial charge in [0.25, 0.3) is 0 Å². The second-order valence-electron chi connectivity index (χ2n) is 4.82. The van der Waals surface area contributed by atoms with Crippen molar-refractivity contribution in [3.05, 3.63) is 11.7 Å². The Morgan fingerprint density at radius 2 is 2.11 bits per heavy atom. The number of nitrogens with zero attached hydrogens (tertiary/aromatic N) is 2. The van der Waals surface area contributed by atoms with Crippen LogP contribution in [0.1, 0.15) is 37.4 Å². The Morgan fingerprint density at radius 1 is 1.26 bits per heavy atom. The van der Waals surface area contributed by atoms with Crippen molar-refractivity contribution in [1.82, 2.24) is 15.5 Å². The molecule has 6 nitrogen and oxygen atoms in total. The molecule has 1 N–H and O–H groups in total. The molecular weight excluding hydrogens is 246 g/mol. The molecule has 1 aromatic rings. The van der Waals surface area contributed by atoms with Crippen LogP contribution in [0.3, 0.4) is 0 Å². The highest BCUT2D eigenvalue weighted by Gasteiger charge is 2.15. The van der Waals surface area contributed by atoms with Crippen molar-refractivity contribution in [2.45, 2.75) is 44.7 Å². The molecule has 1 aliphatic carbocycles. The highest BCUT2D eigenvalue weighted by atomic mass is 16.5. The third-order valence-electron chi connectivity index (χ3n) is 3.31. The van der Waals surface area contributed by atoms with Crippen LogP contribution in [0.2, 0.25) is 0 Å². The monoisotopic (exact) mass is 269 g/mol. The summed E-state index contributed by atoms with van der Waals surface area (Å²) in [6.45, 7) is 2.48. The van der Waals surface area contributed by atoms with Crippen molar-refractivity contribution in [2.75, 3.05) is 26.9 Å². The lowest BCUT2D eigenvalue weighted by Gasteiger charge is -2.08. The van der Waals surface area contributed by atoms with E-state index in [-0.39, 0.29) is 0 Å². The van der Waals surface area contributed by atoms with Gasteiger partial charge in [0.05, 0.1) is 26.4 Å². The fraction of sp³-hybridized carbons (Fsp3) is 0.846. The molecule has 0 amide bonds. The van der Waals surface area contributed by atoms with Crippen LogP contribution in [0.25, 0.3) is 0 Å². The molecule has 19 heavy (non-hydrogen) atoms. The second-order valence-corrected chi connectivity index (χ2v) is 4.82. The Bertz CT molecular complexity index is 351. The van der Waals surface area contributed by atoms with Gasteiger partial charge in [0.15, 0.2) is 5.82 Å². The average molecular weight is 269 g/mol. The molecule has 0 aromatic carbocycles. The van der Waals surface area contributed by atoms with Crippen LogP contribution in [0.4, 0.5) is 0 Å². The molecule has 1 aromatic heterocycles. The Morgan fingerprint density at radius 3 is 2.89 bits per heavy atom. The van der Waals surface area contributed by atoms with Crippen molar-refractivity contribution in [2.24, 2.45) is 0 Å². The van der Waals surface area contributed by atoms with Crippen LogP contribution >= 0.6 is 0 Å². The minimum absolute atomic E-state index is 0.596. The van der Waals surface area contributed by atoms with Crippen LogP contribution in [0.15, 0.2) is 4.52 Å². The lowest BCUT2D eigenvalue weighted by Crippen LogP contribution is -2.25. The minimum Gasteiger partial charge on any atom is -0.382 e. The summed E-state index contributed by atoms with van der Waals surface area (Å²) in [5.41, 5.74) is 0. The van der Waals surface area contributed by atoms with E-state index in [0.717, 1.165) is 0 Å². The number of hydrogen-bond acceptors (Lipinski definition) is 6. The number of hydrogen-bond donors (Lipinski definition) is 1. The molecule has 6 heteroatoms. The highest BCUT2D eigenvalue weighted by Crippen LogP contribution is 2.17.